The van der Waals surface area contributed by atoms with Gasteiger partial charge in [-0.2, -0.15) is 0 Å². The molecule has 1 aliphatic carbocycles. The van der Waals surface area contributed by atoms with E-state index in [9.17, 15) is 15.0 Å². The van der Waals surface area contributed by atoms with Crippen LogP contribution in [0.2, 0.25) is 0 Å². The Kier molecular flexibility index (Phi) is 7.69. The number of thiophene rings is 1. The van der Waals surface area contributed by atoms with E-state index in [-0.39, 0.29) is 16.9 Å². The van der Waals surface area contributed by atoms with Crippen LogP contribution in [0.4, 0.5) is 4.79 Å². The van der Waals surface area contributed by atoms with E-state index in [1.54, 1.807) is 0 Å². The summed E-state index contributed by atoms with van der Waals surface area (Å²) in [5.41, 5.74) is 2.78. The van der Waals surface area contributed by atoms with Crippen molar-refractivity contribution < 1.29 is 15.0 Å². The van der Waals surface area contributed by atoms with Gasteiger partial charge in [0.1, 0.15) is 0 Å². The molecule has 0 radical (unpaired) electrons. The maximum absolute atomic E-state index is 11.3. The lowest BCUT2D eigenvalue weighted by Crippen LogP contribution is -2.49. The van der Waals surface area contributed by atoms with Crippen LogP contribution in [0, 0.1) is 10.8 Å². The van der Waals surface area contributed by atoms with E-state index in [1.807, 2.05) is 41.7 Å². The SMILES string of the molecule is CC(C)(C)Cc1cc2c(s1)CC(C)(C)C[C@@H]2NC[C@H](O)[C@H](Cc1ccccc1)NC(=O)O. The predicted molar refractivity (Wildman–Crippen MR) is 131 cm³/mol. The van der Waals surface area contributed by atoms with Crippen molar-refractivity contribution in [3.05, 3.63) is 57.3 Å². The van der Waals surface area contributed by atoms with Crippen molar-refractivity contribution in [3.63, 3.8) is 0 Å². The van der Waals surface area contributed by atoms with Gasteiger partial charge in [-0.3, -0.25) is 0 Å². The Morgan fingerprint density at radius 1 is 1.25 bits per heavy atom. The molecule has 2 aromatic rings. The van der Waals surface area contributed by atoms with E-state index >= 15 is 0 Å². The number of carbonyl (C=O) groups is 1. The Bertz CT molecular complexity index is 902. The number of hydrogen-bond donors (Lipinski definition) is 4. The lowest BCUT2D eigenvalue weighted by molar-refractivity contribution is 0.111. The van der Waals surface area contributed by atoms with Crippen LogP contribution >= 0.6 is 11.3 Å². The molecule has 5 nitrogen and oxygen atoms in total. The number of nitrogens with one attached hydrogen (secondary N) is 2. The average Bonchev–Trinajstić information content (AvgIpc) is 3.04. The standard InChI is InChI=1S/C26H38N2O3S/c1-25(2,3)13-18-12-19-21(14-26(4,5)15-23(19)32-18)27-16-22(29)20(28-24(30)31)11-17-9-7-6-8-10-17/h6-10,12,20-22,27-29H,11,13-16H2,1-5H3,(H,30,31)/t20-,21-,22-/m0/s1. The Morgan fingerprint density at radius 2 is 1.94 bits per heavy atom. The number of hydrogen-bond acceptors (Lipinski definition) is 4. The minimum absolute atomic E-state index is 0.163. The smallest absolute Gasteiger partial charge is 0.404 e. The Hall–Kier alpha value is -1.89. The van der Waals surface area contributed by atoms with Crippen LogP contribution in [0.25, 0.3) is 0 Å². The van der Waals surface area contributed by atoms with Gasteiger partial charge in [-0.05, 0) is 53.7 Å². The molecule has 0 saturated carbocycles. The fraction of sp³-hybridized carbons (Fsp3) is 0.577. The van der Waals surface area contributed by atoms with Crippen LogP contribution in [-0.2, 0) is 19.3 Å². The average molecular weight is 459 g/mol. The van der Waals surface area contributed by atoms with Gasteiger partial charge < -0.3 is 20.8 Å². The lowest BCUT2D eigenvalue weighted by Gasteiger charge is -2.36. The third-order valence-electron chi connectivity index (χ3n) is 6.01. The third kappa shape index (κ3) is 7.06. The van der Waals surface area contributed by atoms with Crippen molar-refractivity contribution in [1.82, 2.24) is 10.6 Å². The molecule has 0 unspecified atom stereocenters. The zero-order valence-corrected chi connectivity index (χ0v) is 20.8. The molecular weight excluding hydrogens is 420 g/mol. The van der Waals surface area contributed by atoms with Crippen LogP contribution in [0.1, 0.15) is 68.0 Å². The molecule has 0 spiro atoms. The second-order valence-electron chi connectivity index (χ2n) is 11.1. The highest BCUT2D eigenvalue weighted by Crippen LogP contribution is 2.45. The van der Waals surface area contributed by atoms with Gasteiger partial charge in [0.25, 0.3) is 0 Å². The fourth-order valence-electron chi connectivity index (χ4n) is 4.61. The summed E-state index contributed by atoms with van der Waals surface area (Å²) in [6.45, 7) is 11.7. The van der Waals surface area contributed by atoms with Gasteiger partial charge in [-0.15, -0.1) is 11.3 Å². The Balaban J connectivity index is 1.72. The molecule has 4 N–H and O–H groups in total. The minimum Gasteiger partial charge on any atom is -0.465 e. The highest BCUT2D eigenvalue weighted by Gasteiger charge is 2.35. The molecule has 1 amide bonds. The van der Waals surface area contributed by atoms with Gasteiger partial charge in [0.2, 0.25) is 0 Å². The normalized spacial score (nSPS) is 19.8. The summed E-state index contributed by atoms with van der Waals surface area (Å²) in [5, 5.41) is 26.3. The van der Waals surface area contributed by atoms with Crippen LogP contribution < -0.4 is 10.6 Å². The molecule has 0 saturated heterocycles. The van der Waals surface area contributed by atoms with Crippen molar-refractivity contribution >= 4 is 17.4 Å². The number of rotatable bonds is 8. The predicted octanol–water partition coefficient (Wildman–Crippen LogP) is 5.18. The van der Waals surface area contributed by atoms with Crippen molar-refractivity contribution in [2.24, 2.45) is 10.8 Å². The van der Waals surface area contributed by atoms with Crippen molar-refractivity contribution in [2.45, 2.75) is 78.5 Å². The number of carboxylic acid groups (broad SMARTS) is 1. The molecule has 3 rings (SSSR count). The largest absolute Gasteiger partial charge is 0.465 e. The molecule has 1 aromatic heterocycles. The summed E-state index contributed by atoms with van der Waals surface area (Å²) in [7, 11) is 0. The summed E-state index contributed by atoms with van der Waals surface area (Å²) < 4.78 is 0. The molecular formula is C26H38N2O3S. The minimum atomic E-state index is -1.12. The molecule has 3 atom stereocenters. The molecule has 1 aliphatic rings. The van der Waals surface area contributed by atoms with Gasteiger partial charge in [0.05, 0.1) is 12.1 Å². The van der Waals surface area contributed by atoms with E-state index < -0.39 is 18.2 Å². The van der Waals surface area contributed by atoms with E-state index in [1.165, 1.54) is 15.3 Å². The Labute approximate surface area is 196 Å². The van der Waals surface area contributed by atoms with E-state index in [0.717, 1.165) is 24.8 Å². The first-order chi connectivity index (χ1) is 14.9. The van der Waals surface area contributed by atoms with Gasteiger partial charge in [-0.1, -0.05) is 65.0 Å². The molecule has 6 heteroatoms. The number of fused-ring (bicyclic) bond motifs is 1. The number of amides is 1. The van der Waals surface area contributed by atoms with Gasteiger partial charge in [0, 0.05) is 22.3 Å². The summed E-state index contributed by atoms with van der Waals surface area (Å²) in [6, 6.07) is 11.6. The van der Waals surface area contributed by atoms with Gasteiger partial charge in [0.15, 0.2) is 0 Å². The molecule has 0 fully saturated rings. The summed E-state index contributed by atoms with van der Waals surface area (Å²) in [5.74, 6) is 0. The van der Waals surface area contributed by atoms with Gasteiger partial charge >= 0.3 is 6.09 Å². The first kappa shape index (κ1) is 24.7. The third-order valence-corrected chi connectivity index (χ3v) is 7.16. The van der Waals surface area contributed by atoms with E-state index in [4.69, 9.17) is 0 Å². The molecule has 1 aromatic carbocycles. The van der Waals surface area contributed by atoms with Crippen LogP contribution in [0.15, 0.2) is 36.4 Å². The van der Waals surface area contributed by atoms with Gasteiger partial charge in [-0.25, -0.2) is 4.79 Å². The Morgan fingerprint density at radius 3 is 2.56 bits per heavy atom. The lowest BCUT2D eigenvalue weighted by atomic mass is 9.75. The first-order valence-corrected chi connectivity index (χ1v) is 12.3. The second-order valence-corrected chi connectivity index (χ2v) is 12.4. The summed E-state index contributed by atoms with van der Waals surface area (Å²) >= 11 is 1.93. The topological polar surface area (TPSA) is 81.6 Å². The molecule has 1 heterocycles. The highest BCUT2D eigenvalue weighted by molar-refractivity contribution is 7.12. The maximum atomic E-state index is 11.3. The quantitative estimate of drug-likeness (QED) is 0.439. The highest BCUT2D eigenvalue weighted by atomic mass is 32.1. The molecule has 0 aliphatic heterocycles. The molecule has 176 valence electrons. The summed E-state index contributed by atoms with van der Waals surface area (Å²) in [4.78, 5) is 14.2. The number of aliphatic hydroxyl groups is 1. The van der Waals surface area contributed by atoms with Crippen molar-refractivity contribution in [2.75, 3.05) is 6.54 Å². The second kappa shape index (κ2) is 9.94. The fourth-order valence-corrected chi connectivity index (χ4v) is 6.40. The van der Waals surface area contributed by atoms with Crippen LogP contribution in [0.3, 0.4) is 0 Å². The van der Waals surface area contributed by atoms with Crippen molar-refractivity contribution in [1.29, 1.82) is 0 Å². The zero-order chi connectivity index (χ0) is 23.5. The zero-order valence-electron chi connectivity index (χ0n) is 19.9. The monoisotopic (exact) mass is 458 g/mol. The number of aliphatic hydroxyl groups excluding tert-OH is 1. The summed E-state index contributed by atoms with van der Waals surface area (Å²) in [6.07, 6.45) is 1.64. The van der Waals surface area contributed by atoms with E-state index in [0.29, 0.717) is 13.0 Å². The van der Waals surface area contributed by atoms with Crippen LogP contribution in [0.5, 0.6) is 0 Å². The molecule has 0 bridgehead atoms. The van der Waals surface area contributed by atoms with E-state index in [2.05, 4.69) is 51.3 Å². The molecule has 32 heavy (non-hydrogen) atoms. The first-order valence-electron chi connectivity index (χ1n) is 11.5. The number of benzene rings is 1. The van der Waals surface area contributed by atoms with Crippen molar-refractivity contribution in [3.8, 4) is 0 Å². The maximum Gasteiger partial charge on any atom is 0.404 e. The van der Waals surface area contributed by atoms with Crippen LogP contribution in [-0.4, -0.2) is 35.0 Å².